The molecule has 1 heterocycles. The third-order valence-corrected chi connectivity index (χ3v) is 4.51. The Morgan fingerprint density at radius 2 is 1.71 bits per heavy atom. The van der Waals surface area contributed by atoms with Crippen LogP contribution in [0, 0.1) is 13.8 Å². The van der Waals surface area contributed by atoms with Crippen LogP contribution in [0.1, 0.15) is 11.3 Å². The molecule has 3 nitrogen and oxygen atoms in total. The average molecular weight is 270 g/mol. The van der Waals surface area contributed by atoms with E-state index >= 15 is 0 Å². The summed E-state index contributed by atoms with van der Waals surface area (Å²) in [6, 6.07) is 7.98. The van der Waals surface area contributed by atoms with Gasteiger partial charge in [-0.15, -0.1) is 0 Å². The Morgan fingerprint density at radius 1 is 1.12 bits per heavy atom. The number of nitrogens with zero attached hydrogens (tertiary/aromatic N) is 1. The molecule has 0 amide bonds. The zero-order valence-corrected chi connectivity index (χ0v) is 11.1. The van der Waals surface area contributed by atoms with Gasteiger partial charge in [-0.3, -0.25) is 0 Å². The fourth-order valence-electron chi connectivity index (χ4n) is 1.70. The Kier molecular flexibility index (Phi) is 3.02. The number of benzene rings is 1. The minimum Gasteiger partial charge on any atom is -0.246 e. The molecule has 0 saturated carbocycles. The van der Waals surface area contributed by atoms with Crippen molar-refractivity contribution in [1.82, 2.24) is 3.97 Å². The Bertz CT molecular complexity index is 642. The molecular weight excluding hydrogens is 258 g/mol. The molecule has 2 aromatic rings. The maximum absolute atomic E-state index is 12.3. The third-order valence-electron chi connectivity index (χ3n) is 2.48. The van der Waals surface area contributed by atoms with Crippen LogP contribution in [-0.4, -0.2) is 12.4 Å². The first-order valence-corrected chi connectivity index (χ1v) is 6.90. The highest BCUT2D eigenvalue weighted by Crippen LogP contribution is 2.19. The van der Waals surface area contributed by atoms with Crippen LogP contribution in [-0.2, 0) is 10.0 Å². The Hall–Kier alpha value is -1.26. The van der Waals surface area contributed by atoms with Crippen molar-refractivity contribution in [2.45, 2.75) is 18.7 Å². The highest BCUT2D eigenvalue weighted by Gasteiger charge is 2.18. The maximum atomic E-state index is 12.3. The van der Waals surface area contributed by atoms with Crippen molar-refractivity contribution in [1.29, 1.82) is 0 Å². The summed E-state index contributed by atoms with van der Waals surface area (Å²) >= 11 is 5.74. The van der Waals surface area contributed by atoms with Crippen LogP contribution < -0.4 is 0 Å². The number of aromatic nitrogens is 1. The van der Waals surface area contributed by atoms with Gasteiger partial charge in [0.25, 0.3) is 10.0 Å². The molecule has 0 saturated heterocycles. The van der Waals surface area contributed by atoms with E-state index in [-0.39, 0.29) is 4.90 Å². The van der Waals surface area contributed by atoms with Crippen LogP contribution in [0.15, 0.2) is 41.4 Å². The molecule has 0 spiro atoms. The van der Waals surface area contributed by atoms with E-state index in [0.717, 1.165) is 5.56 Å². The molecular formula is C12H12ClNO2S. The zero-order valence-electron chi connectivity index (χ0n) is 9.51. The Morgan fingerprint density at radius 3 is 2.18 bits per heavy atom. The van der Waals surface area contributed by atoms with Gasteiger partial charge in [0, 0.05) is 16.9 Å². The first-order valence-electron chi connectivity index (χ1n) is 5.08. The summed E-state index contributed by atoms with van der Waals surface area (Å²) in [4.78, 5) is 0.237. The average Bonchev–Trinajstić information content (AvgIpc) is 2.59. The van der Waals surface area contributed by atoms with E-state index in [1.54, 1.807) is 25.3 Å². The molecule has 0 bridgehead atoms. The third kappa shape index (κ3) is 2.23. The molecule has 0 aliphatic carbocycles. The molecule has 0 atom stereocenters. The number of hydrogen-bond acceptors (Lipinski definition) is 2. The predicted molar refractivity (Wildman–Crippen MR) is 67.9 cm³/mol. The monoisotopic (exact) mass is 269 g/mol. The van der Waals surface area contributed by atoms with E-state index in [9.17, 15) is 8.42 Å². The topological polar surface area (TPSA) is 39.1 Å². The van der Waals surface area contributed by atoms with Gasteiger partial charge in [0.15, 0.2) is 0 Å². The molecule has 0 N–H and O–H groups in total. The summed E-state index contributed by atoms with van der Waals surface area (Å²) < 4.78 is 25.9. The van der Waals surface area contributed by atoms with E-state index in [4.69, 9.17) is 11.6 Å². The minimum atomic E-state index is -3.51. The molecule has 0 aliphatic heterocycles. The van der Waals surface area contributed by atoms with E-state index < -0.39 is 10.0 Å². The van der Waals surface area contributed by atoms with Crippen LogP contribution in [0.5, 0.6) is 0 Å². The van der Waals surface area contributed by atoms with Crippen molar-refractivity contribution in [2.75, 3.05) is 0 Å². The van der Waals surface area contributed by atoms with Crippen molar-refractivity contribution in [3.05, 3.63) is 52.8 Å². The molecule has 0 unspecified atom stereocenters. The lowest BCUT2D eigenvalue weighted by Gasteiger charge is -2.07. The Labute approximate surface area is 106 Å². The van der Waals surface area contributed by atoms with Gasteiger partial charge in [-0.2, -0.15) is 0 Å². The lowest BCUT2D eigenvalue weighted by atomic mass is 10.4. The van der Waals surface area contributed by atoms with Crippen molar-refractivity contribution in [3.8, 4) is 0 Å². The van der Waals surface area contributed by atoms with E-state index in [0.29, 0.717) is 10.7 Å². The number of aryl methyl sites for hydroxylation is 2. The summed E-state index contributed by atoms with van der Waals surface area (Å²) in [7, 11) is -3.51. The van der Waals surface area contributed by atoms with Gasteiger partial charge in [-0.25, -0.2) is 12.4 Å². The van der Waals surface area contributed by atoms with Crippen LogP contribution >= 0.6 is 11.6 Å². The summed E-state index contributed by atoms with van der Waals surface area (Å²) in [6.45, 7) is 3.63. The lowest BCUT2D eigenvalue weighted by Crippen LogP contribution is -2.13. The SMILES string of the molecule is Cc1cc(C)n(S(=O)(=O)c2ccc(Cl)cc2)c1. The molecule has 0 aliphatic rings. The molecule has 90 valence electrons. The molecule has 2 rings (SSSR count). The normalized spacial score (nSPS) is 11.7. The van der Waals surface area contributed by atoms with Crippen molar-refractivity contribution in [2.24, 2.45) is 0 Å². The first kappa shape index (κ1) is 12.2. The quantitative estimate of drug-likeness (QED) is 0.841. The van der Waals surface area contributed by atoms with Crippen LogP contribution in [0.25, 0.3) is 0 Å². The second kappa shape index (κ2) is 4.20. The summed E-state index contributed by atoms with van der Waals surface area (Å²) in [6.07, 6.45) is 1.61. The second-order valence-corrected chi connectivity index (χ2v) is 6.16. The maximum Gasteiger partial charge on any atom is 0.267 e. The summed E-state index contributed by atoms with van der Waals surface area (Å²) in [5, 5.41) is 0.518. The first-order chi connectivity index (χ1) is 7.91. The highest BCUT2D eigenvalue weighted by molar-refractivity contribution is 7.90. The molecule has 0 fully saturated rings. The molecule has 1 aromatic heterocycles. The number of rotatable bonds is 2. The number of halogens is 1. The molecule has 5 heteroatoms. The van der Waals surface area contributed by atoms with Gasteiger partial charge in [-0.1, -0.05) is 11.6 Å². The molecule has 17 heavy (non-hydrogen) atoms. The van der Waals surface area contributed by atoms with E-state index in [1.807, 2.05) is 13.0 Å². The lowest BCUT2D eigenvalue weighted by molar-refractivity contribution is 0.586. The van der Waals surface area contributed by atoms with Crippen LogP contribution in [0.2, 0.25) is 5.02 Å². The highest BCUT2D eigenvalue weighted by atomic mass is 35.5. The fraction of sp³-hybridized carbons (Fsp3) is 0.167. The van der Waals surface area contributed by atoms with E-state index in [1.165, 1.54) is 16.1 Å². The largest absolute Gasteiger partial charge is 0.267 e. The predicted octanol–water partition coefficient (Wildman–Crippen LogP) is 3.00. The van der Waals surface area contributed by atoms with Crippen molar-refractivity contribution < 1.29 is 8.42 Å². The number of hydrogen-bond donors (Lipinski definition) is 0. The van der Waals surface area contributed by atoms with Gasteiger partial charge in [0.2, 0.25) is 0 Å². The molecule has 0 radical (unpaired) electrons. The zero-order chi connectivity index (χ0) is 12.6. The van der Waals surface area contributed by atoms with Gasteiger partial charge >= 0.3 is 0 Å². The van der Waals surface area contributed by atoms with Crippen LogP contribution in [0.4, 0.5) is 0 Å². The standard InChI is InChI=1S/C12H12ClNO2S/c1-9-7-10(2)14(8-9)17(15,16)12-5-3-11(13)4-6-12/h3-8H,1-2H3. The van der Waals surface area contributed by atoms with Crippen molar-refractivity contribution >= 4 is 21.6 Å². The van der Waals surface area contributed by atoms with E-state index in [2.05, 4.69) is 0 Å². The minimum absolute atomic E-state index is 0.237. The smallest absolute Gasteiger partial charge is 0.246 e. The van der Waals surface area contributed by atoms with Crippen molar-refractivity contribution in [3.63, 3.8) is 0 Å². The van der Waals surface area contributed by atoms with Crippen LogP contribution in [0.3, 0.4) is 0 Å². The van der Waals surface area contributed by atoms with Gasteiger partial charge in [0.1, 0.15) is 0 Å². The fourth-order valence-corrected chi connectivity index (χ4v) is 3.27. The van der Waals surface area contributed by atoms with Gasteiger partial charge in [0.05, 0.1) is 4.90 Å². The van der Waals surface area contributed by atoms with Gasteiger partial charge in [-0.05, 0) is 49.7 Å². The summed E-state index contributed by atoms with van der Waals surface area (Å²) in [5.74, 6) is 0. The van der Waals surface area contributed by atoms with Gasteiger partial charge < -0.3 is 0 Å². The molecule has 1 aromatic carbocycles. The Balaban J connectivity index is 2.57. The summed E-state index contributed by atoms with van der Waals surface area (Å²) in [5.41, 5.74) is 1.61. The second-order valence-electron chi connectivity index (χ2n) is 3.91.